The Kier molecular flexibility index (Phi) is 2.76. The van der Waals surface area contributed by atoms with Crippen molar-refractivity contribution in [1.82, 2.24) is 9.97 Å². The first-order valence-corrected chi connectivity index (χ1v) is 5.19. The predicted octanol–water partition coefficient (Wildman–Crippen LogP) is 1.80. The number of aromatic amines is 2. The van der Waals surface area contributed by atoms with Crippen LogP contribution in [0, 0.1) is 0 Å². The minimum Gasteiger partial charge on any atom is -0.316 e. The number of alkyl halides is 3. The number of aryl methyl sites for hydroxylation is 1. The Morgan fingerprint density at radius 1 is 1.11 bits per heavy atom. The lowest BCUT2D eigenvalue weighted by molar-refractivity contribution is -0.137. The molecule has 0 fully saturated rings. The van der Waals surface area contributed by atoms with Crippen LogP contribution in [0.15, 0.2) is 21.7 Å². The van der Waals surface area contributed by atoms with Crippen LogP contribution in [0.4, 0.5) is 13.2 Å². The molecule has 0 unspecified atom stereocenters. The maximum atomic E-state index is 12.6. The molecule has 0 bridgehead atoms. The minimum absolute atomic E-state index is 0.0220. The molecule has 2 N–H and O–H groups in total. The Balaban J connectivity index is 2.88. The second kappa shape index (κ2) is 4.01. The number of fused-ring (bicyclic) bond motifs is 1. The van der Waals surface area contributed by atoms with Gasteiger partial charge in [-0.2, -0.15) is 13.2 Å². The number of hydrogen-bond acceptors (Lipinski definition) is 2. The van der Waals surface area contributed by atoms with Gasteiger partial charge < -0.3 is 9.97 Å². The molecule has 0 amide bonds. The molecule has 1 aromatic carbocycles. The second-order valence-electron chi connectivity index (χ2n) is 3.82. The smallest absolute Gasteiger partial charge is 0.316 e. The SMILES string of the molecule is CCc1cc(C(F)(F)F)cc2[nH]c(=O)c(=O)[nH]c12. The van der Waals surface area contributed by atoms with Gasteiger partial charge in [0, 0.05) is 0 Å². The molecule has 0 saturated heterocycles. The summed E-state index contributed by atoms with van der Waals surface area (Å²) >= 11 is 0. The number of nitrogens with one attached hydrogen (secondary N) is 2. The van der Waals surface area contributed by atoms with Gasteiger partial charge >= 0.3 is 17.3 Å². The molecule has 96 valence electrons. The number of halogens is 3. The molecule has 1 heterocycles. The fourth-order valence-electron chi connectivity index (χ4n) is 1.74. The van der Waals surface area contributed by atoms with E-state index in [1.54, 1.807) is 6.92 Å². The Morgan fingerprint density at radius 2 is 1.72 bits per heavy atom. The van der Waals surface area contributed by atoms with E-state index in [-0.39, 0.29) is 11.0 Å². The quantitative estimate of drug-likeness (QED) is 0.766. The van der Waals surface area contributed by atoms with Crippen LogP contribution in [0.25, 0.3) is 11.0 Å². The summed E-state index contributed by atoms with van der Waals surface area (Å²) < 4.78 is 37.9. The zero-order chi connectivity index (χ0) is 13.5. The lowest BCUT2D eigenvalue weighted by atomic mass is 10.1. The first-order valence-electron chi connectivity index (χ1n) is 5.19. The van der Waals surface area contributed by atoms with Gasteiger partial charge in [-0.15, -0.1) is 0 Å². The minimum atomic E-state index is -4.49. The molecule has 0 atom stereocenters. The average Bonchev–Trinajstić information content (AvgIpc) is 2.28. The topological polar surface area (TPSA) is 65.7 Å². The fourth-order valence-corrected chi connectivity index (χ4v) is 1.74. The molecule has 0 aliphatic rings. The fraction of sp³-hybridized carbons (Fsp3) is 0.273. The molecule has 0 aliphatic heterocycles. The Morgan fingerprint density at radius 3 is 2.28 bits per heavy atom. The molecular formula is C11H9F3N2O2. The van der Waals surface area contributed by atoms with Crippen molar-refractivity contribution in [1.29, 1.82) is 0 Å². The third kappa shape index (κ3) is 2.03. The van der Waals surface area contributed by atoms with Crippen molar-refractivity contribution >= 4 is 11.0 Å². The summed E-state index contributed by atoms with van der Waals surface area (Å²) in [4.78, 5) is 26.7. The first-order chi connectivity index (χ1) is 8.32. The normalized spacial score (nSPS) is 12.0. The maximum Gasteiger partial charge on any atom is 0.416 e. The first kappa shape index (κ1) is 12.4. The summed E-state index contributed by atoms with van der Waals surface area (Å²) in [6.45, 7) is 1.67. The van der Waals surface area contributed by atoms with Crippen LogP contribution >= 0.6 is 0 Å². The molecule has 0 saturated carbocycles. The van der Waals surface area contributed by atoms with Crippen molar-refractivity contribution in [3.8, 4) is 0 Å². The van der Waals surface area contributed by atoms with E-state index in [1.165, 1.54) is 0 Å². The van der Waals surface area contributed by atoms with Crippen molar-refractivity contribution in [2.75, 3.05) is 0 Å². The van der Waals surface area contributed by atoms with Gasteiger partial charge in [0.25, 0.3) is 0 Å². The van der Waals surface area contributed by atoms with Gasteiger partial charge in [-0.3, -0.25) is 9.59 Å². The largest absolute Gasteiger partial charge is 0.416 e. The molecule has 0 radical (unpaired) electrons. The van der Waals surface area contributed by atoms with Gasteiger partial charge in [-0.1, -0.05) is 6.92 Å². The Labute approximate surface area is 98.5 Å². The van der Waals surface area contributed by atoms with E-state index < -0.39 is 22.9 Å². The van der Waals surface area contributed by atoms with Crippen LogP contribution in [-0.4, -0.2) is 9.97 Å². The number of aromatic nitrogens is 2. The van der Waals surface area contributed by atoms with Crippen LogP contribution in [0.3, 0.4) is 0 Å². The summed E-state index contributed by atoms with van der Waals surface area (Å²) in [5.41, 5.74) is -2.16. The zero-order valence-electron chi connectivity index (χ0n) is 9.31. The second-order valence-corrected chi connectivity index (χ2v) is 3.82. The highest BCUT2D eigenvalue weighted by Gasteiger charge is 2.31. The van der Waals surface area contributed by atoms with Crippen LogP contribution in [0.2, 0.25) is 0 Å². The van der Waals surface area contributed by atoms with E-state index in [0.29, 0.717) is 12.0 Å². The summed E-state index contributed by atoms with van der Waals surface area (Å²) in [5, 5.41) is 0. The molecule has 1 aromatic heterocycles. The summed E-state index contributed by atoms with van der Waals surface area (Å²) in [6.07, 6.45) is -4.19. The van der Waals surface area contributed by atoms with Crippen molar-refractivity contribution < 1.29 is 13.2 Å². The highest BCUT2D eigenvalue weighted by Crippen LogP contribution is 2.32. The summed E-state index contributed by atoms with van der Waals surface area (Å²) in [5.74, 6) is 0. The van der Waals surface area contributed by atoms with E-state index in [1.807, 2.05) is 0 Å². The van der Waals surface area contributed by atoms with Crippen LogP contribution < -0.4 is 11.1 Å². The van der Waals surface area contributed by atoms with E-state index in [4.69, 9.17) is 0 Å². The molecular weight excluding hydrogens is 249 g/mol. The van der Waals surface area contributed by atoms with Crippen molar-refractivity contribution in [3.63, 3.8) is 0 Å². The molecule has 0 aliphatic carbocycles. The third-order valence-electron chi connectivity index (χ3n) is 2.62. The Hall–Kier alpha value is -2.05. The number of benzene rings is 1. The average molecular weight is 258 g/mol. The molecule has 4 nitrogen and oxygen atoms in total. The van der Waals surface area contributed by atoms with Crippen molar-refractivity contribution in [2.45, 2.75) is 19.5 Å². The molecule has 0 spiro atoms. The van der Waals surface area contributed by atoms with Gasteiger partial charge in [-0.05, 0) is 24.1 Å². The highest BCUT2D eigenvalue weighted by molar-refractivity contribution is 5.78. The van der Waals surface area contributed by atoms with Crippen LogP contribution in [0.5, 0.6) is 0 Å². The Bertz CT molecular complexity index is 713. The van der Waals surface area contributed by atoms with Gasteiger partial charge in [0.2, 0.25) is 0 Å². The standard InChI is InChI=1S/C11H9F3N2O2/c1-2-5-3-6(11(12,13)14)4-7-8(5)16-10(18)9(17)15-7/h3-4H,2H2,1H3,(H,15,17)(H,16,18). The zero-order valence-corrected chi connectivity index (χ0v) is 9.31. The monoisotopic (exact) mass is 258 g/mol. The lowest BCUT2D eigenvalue weighted by Crippen LogP contribution is -2.29. The lowest BCUT2D eigenvalue weighted by Gasteiger charge is -2.10. The van der Waals surface area contributed by atoms with Crippen molar-refractivity contribution in [3.05, 3.63) is 44.0 Å². The van der Waals surface area contributed by atoms with Gasteiger partial charge in [0.1, 0.15) is 0 Å². The van der Waals surface area contributed by atoms with E-state index in [9.17, 15) is 22.8 Å². The van der Waals surface area contributed by atoms with E-state index in [2.05, 4.69) is 9.97 Å². The van der Waals surface area contributed by atoms with E-state index >= 15 is 0 Å². The molecule has 2 aromatic rings. The highest BCUT2D eigenvalue weighted by atomic mass is 19.4. The van der Waals surface area contributed by atoms with E-state index in [0.717, 1.165) is 12.1 Å². The van der Waals surface area contributed by atoms with Gasteiger partial charge in [0.15, 0.2) is 0 Å². The third-order valence-corrected chi connectivity index (χ3v) is 2.62. The number of hydrogen-bond donors (Lipinski definition) is 2. The van der Waals surface area contributed by atoms with Gasteiger partial charge in [0.05, 0.1) is 16.6 Å². The van der Waals surface area contributed by atoms with Gasteiger partial charge in [-0.25, -0.2) is 0 Å². The molecule has 7 heteroatoms. The maximum absolute atomic E-state index is 12.6. The van der Waals surface area contributed by atoms with Crippen LogP contribution in [-0.2, 0) is 12.6 Å². The molecule has 18 heavy (non-hydrogen) atoms. The predicted molar refractivity (Wildman–Crippen MR) is 59.6 cm³/mol. The summed E-state index contributed by atoms with van der Waals surface area (Å²) in [6, 6.07) is 1.78. The number of H-pyrrole nitrogens is 2. The van der Waals surface area contributed by atoms with Crippen molar-refractivity contribution in [2.24, 2.45) is 0 Å². The number of rotatable bonds is 1. The van der Waals surface area contributed by atoms with Crippen LogP contribution in [0.1, 0.15) is 18.1 Å². The summed E-state index contributed by atoms with van der Waals surface area (Å²) in [7, 11) is 0. The molecule has 2 rings (SSSR count).